The summed E-state index contributed by atoms with van der Waals surface area (Å²) in [7, 11) is 0. The van der Waals surface area contributed by atoms with E-state index in [-0.39, 0.29) is 11.8 Å². The molecule has 20 heavy (non-hydrogen) atoms. The molecule has 0 fully saturated rings. The zero-order valence-electron chi connectivity index (χ0n) is 12.6. The maximum Gasteiger partial charge on any atom is 0.217 e. The topological polar surface area (TPSA) is 86.2 Å². The molecule has 0 aromatic heterocycles. The number of hydrogen-bond acceptors (Lipinski definition) is 2. The summed E-state index contributed by atoms with van der Waals surface area (Å²) in [5.41, 5.74) is 10.1. The minimum absolute atomic E-state index is 0.194. The number of nitrogens with two attached hydrogens (primary N) is 2. The lowest BCUT2D eigenvalue weighted by Crippen LogP contribution is -2.09. The summed E-state index contributed by atoms with van der Waals surface area (Å²) in [6, 6.07) is 0. The van der Waals surface area contributed by atoms with Gasteiger partial charge in [0.15, 0.2) is 0 Å². The highest BCUT2D eigenvalue weighted by Crippen LogP contribution is 2.08. The smallest absolute Gasteiger partial charge is 0.217 e. The number of allylic oxidation sites excluding steroid dienone is 2. The van der Waals surface area contributed by atoms with Crippen LogP contribution in [0.2, 0.25) is 0 Å². The molecule has 0 unspecified atom stereocenters. The molecule has 116 valence electrons. The molecule has 0 rings (SSSR count). The van der Waals surface area contributed by atoms with E-state index >= 15 is 0 Å². The van der Waals surface area contributed by atoms with Gasteiger partial charge in [-0.2, -0.15) is 0 Å². The van der Waals surface area contributed by atoms with Crippen LogP contribution in [0, 0.1) is 0 Å². The summed E-state index contributed by atoms with van der Waals surface area (Å²) in [6.07, 6.45) is 16.5. The van der Waals surface area contributed by atoms with Crippen molar-refractivity contribution in [3.63, 3.8) is 0 Å². The Labute approximate surface area is 123 Å². The number of primary amides is 2. The molecule has 4 nitrogen and oxygen atoms in total. The van der Waals surface area contributed by atoms with Gasteiger partial charge in [0.2, 0.25) is 11.8 Å². The minimum atomic E-state index is -0.194. The van der Waals surface area contributed by atoms with E-state index in [2.05, 4.69) is 12.2 Å². The molecule has 0 atom stereocenters. The van der Waals surface area contributed by atoms with Crippen LogP contribution in [0.3, 0.4) is 0 Å². The first-order valence-corrected chi connectivity index (χ1v) is 7.84. The molecule has 0 spiro atoms. The van der Waals surface area contributed by atoms with Crippen molar-refractivity contribution in [1.29, 1.82) is 0 Å². The van der Waals surface area contributed by atoms with E-state index in [9.17, 15) is 9.59 Å². The van der Waals surface area contributed by atoms with Crippen molar-refractivity contribution >= 4 is 11.8 Å². The minimum Gasteiger partial charge on any atom is -0.370 e. The fraction of sp³-hybridized carbons (Fsp3) is 0.750. The first-order valence-electron chi connectivity index (χ1n) is 7.84. The summed E-state index contributed by atoms with van der Waals surface area (Å²) >= 11 is 0. The predicted molar refractivity (Wildman–Crippen MR) is 82.9 cm³/mol. The molecule has 2 amide bonds. The van der Waals surface area contributed by atoms with Gasteiger partial charge in [0.1, 0.15) is 0 Å². The van der Waals surface area contributed by atoms with Crippen molar-refractivity contribution < 1.29 is 9.59 Å². The lowest BCUT2D eigenvalue weighted by atomic mass is 10.1. The van der Waals surface area contributed by atoms with E-state index in [0.29, 0.717) is 12.8 Å². The third-order valence-electron chi connectivity index (χ3n) is 3.25. The van der Waals surface area contributed by atoms with Gasteiger partial charge < -0.3 is 11.5 Å². The molecule has 0 aliphatic carbocycles. The lowest BCUT2D eigenvalue weighted by Gasteiger charge is -1.98. The van der Waals surface area contributed by atoms with E-state index < -0.39 is 0 Å². The van der Waals surface area contributed by atoms with E-state index in [1.807, 2.05) is 0 Å². The Kier molecular flexibility index (Phi) is 13.2. The summed E-state index contributed by atoms with van der Waals surface area (Å²) in [5, 5.41) is 0. The Hall–Kier alpha value is -1.32. The number of carbonyl (C=O) groups excluding carboxylic acids is 2. The molecule has 0 aromatic rings. The molecule has 0 radical (unpaired) electrons. The van der Waals surface area contributed by atoms with Crippen LogP contribution < -0.4 is 11.5 Å². The monoisotopic (exact) mass is 282 g/mol. The molecule has 0 saturated carbocycles. The second-order valence-corrected chi connectivity index (χ2v) is 5.31. The van der Waals surface area contributed by atoms with Gasteiger partial charge in [-0.05, 0) is 38.5 Å². The fourth-order valence-electron chi connectivity index (χ4n) is 2.07. The largest absolute Gasteiger partial charge is 0.370 e. The highest BCUT2D eigenvalue weighted by molar-refractivity contribution is 5.73. The van der Waals surface area contributed by atoms with Crippen molar-refractivity contribution in [3.05, 3.63) is 12.2 Å². The summed E-state index contributed by atoms with van der Waals surface area (Å²) in [5.74, 6) is -0.388. The quantitative estimate of drug-likeness (QED) is 0.378. The highest BCUT2D eigenvalue weighted by Gasteiger charge is 1.94. The molecule has 0 heterocycles. The number of unbranched alkanes of at least 4 members (excludes halogenated alkanes) is 8. The van der Waals surface area contributed by atoms with Crippen molar-refractivity contribution in [2.75, 3.05) is 0 Å². The maximum atomic E-state index is 10.5. The molecule has 0 saturated heterocycles. The number of carbonyl (C=O) groups is 2. The van der Waals surface area contributed by atoms with Crippen LogP contribution in [0.5, 0.6) is 0 Å². The van der Waals surface area contributed by atoms with Gasteiger partial charge in [-0.25, -0.2) is 0 Å². The summed E-state index contributed by atoms with van der Waals surface area (Å²) in [6.45, 7) is 0. The SMILES string of the molecule is NC(=O)CCCCCC/C=C/CCCCCCC(N)=O. The van der Waals surface area contributed by atoms with Gasteiger partial charge >= 0.3 is 0 Å². The van der Waals surface area contributed by atoms with Crippen LogP contribution in [0.25, 0.3) is 0 Å². The van der Waals surface area contributed by atoms with E-state index in [1.165, 1.54) is 25.7 Å². The standard InChI is InChI=1S/C16H30N2O2/c17-15(19)13-11-9-7-5-3-1-2-4-6-8-10-12-14-16(18)20/h1-2H,3-14H2,(H2,17,19)(H2,18,20)/b2-1+. The molecule has 0 bridgehead atoms. The normalized spacial score (nSPS) is 11.0. The van der Waals surface area contributed by atoms with Crippen LogP contribution in [0.15, 0.2) is 12.2 Å². The maximum absolute atomic E-state index is 10.5. The Morgan fingerprint density at radius 3 is 1.30 bits per heavy atom. The fourth-order valence-corrected chi connectivity index (χ4v) is 2.07. The second-order valence-electron chi connectivity index (χ2n) is 5.31. The Morgan fingerprint density at radius 1 is 0.600 bits per heavy atom. The average molecular weight is 282 g/mol. The molecule has 0 aromatic carbocycles. The van der Waals surface area contributed by atoms with Crippen LogP contribution in [-0.4, -0.2) is 11.8 Å². The van der Waals surface area contributed by atoms with E-state index in [1.54, 1.807) is 0 Å². The van der Waals surface area contributed by atoms with Crippen LogP contribution in [-0.2, 0) is 9.59 Å². The lowest BCUT2D eigenvalue weighted by molar-refractivity contribution is -0.119. The van der Waals surface area contributed by atoms with Gasteiger partial charge in [-0.3, -0.25) is 9.59 Å². The number of hydrogen-bond donors (Lipinski definition) is 2. The van der Waals surface area contributed by atoms with Gasteiger partial charge in [0, 0.05) is 12.8 Å². The third kappa shape index (κ3) is 16.7. The molecule has 0 aliphatic rings. The molecule has 0 aliphatic heterocycles. The van der Waals surface area contributed by atoms with Crippen molar-refractivity contribution in [2.45, 2.75) is 77.0 Å². The molecule has 4 N–H and O–H groups in total. The van der Waals surface area contributed by atoms with Gasteiger partial charge in [-0.1, -0.05) is 37.8 Å². The van der Waals surface area contributed by atoms with Crippen molar-refractivity contribution in [2.24, 2.45) is 11.5 Å². The van der Waals surface area contributed by atoms with Crippen LogP contribution in [0.1, 0.15) is 77.0 Å². The zero-order valence-corrected chi connectivity index (χ0v) is 12.6. The zero-order chi connectivity index (χ0) is 15.1. The second kappa shape index (κ2) is 14.1. The average Bonchev–Trinajstić information content (AvgIpc) is 2.38. The van der Waals surface area contributed by atoms with Crippen LogP contribution >= 0.6 is 0 Å². The summed E-state index contributed by atoms with van der Waals surface area (Å²) < 4.78 is 0. The van der Waals surface area contributed by atoms with Gasteiger partial charge in [0.05, 0.1) is 0 Å². The highest BCUT2D eigenvalue weighted by atomic mass is 16.1. The van der Waals surface area contributed by atoms with Crippen LogP contribution in [0.4, 0.5) is 0 Å². The first kappa shape index (κ1) is 18.7. The molecular formula is C16H30N2O2. The number of rotatable bonds is 14. The van der Waals surface area contributed by atoms with Crippen molar-refractivity contribution in [3.8, 4) is 0 Å². The Balaban J connectivity index is 3.12. The predicted octanol–water partition coefficient (Wildman–Crippen LogP) is 3.19. The Morgan fingerprint density at radius 2 is 0.950 bits per heavy atom. The van der Waals surface area contributed by atoms with Gasteiger partial charge in [0.25, 0.3) is 0 Å². The van der Waals surface area contributed by atoms with Crippen molar-refractivity contribution in [1.82, 2.24) is 0 Å². The Bertz CT molecular complexity index is 260. The third-order valence-corrected chi connectivity index (χ3v) is 3.25. The molecule has 4 heteroatoms. The van der Waals surface area contributed by atoms with E-state index in [0.717, 1.165) is 38.5 Å². The first-order chi connectivity index (χ1) is 9.63. The van der Waals surface area contributed by atoms with E-state index in [4.69, 9.17) is 11.5 Å². The van der Waals surface area contributed by atoms with Gasteiger partial charge in [-0.15, -0.1) is 0 Å². The number of amides is 2. The molecular weight excluding hydrogens is 252 g/mol. The summed E-state index contributed by atoms with van der Waals surface area (Å²) in [4.78, 5) is 21.0.